The van der Waals surface area contributed by atoms with Crippen molar-refractivity contribution in [2.24, 2.45) is 0 Å². The highest BCUT2D eigenvalue weighted by molar-refractivity contribution is 8.26. The quantitative estimate of drug-likeness (QED) is 0.480. The number of hydrogen-bond acceptors (Lipinski definition) is 6. The molecule has 0 radical (unpaired) electrons. The van der Waals surface area contributed by atoms with Crippen LogP contribution in [0.4, 0.5) is 16.2 Å². The average Bonchev–Trinajstić information content (AvgIpc) is 3.16. The molecule has 1 saturated heterocycles. The summed E-state index contributed by atoms with van der Waals surface area (Å²) >= 11 is 6.09. The standard InChI is InChI=1S/C20H14N4O5S2/c25-14(26)10-23-13-9-5-4-8-12(13)15(17(23)27)16-18(28)24(20(30)31-16)22-19(29)21-11-6-2-1-3-7-11/h1-9H,10H2,(H,25,26)(H2,21,22,29). The van der Waals surface area contributed by atoms with Crippen molar-refractivity contribution >= 4 is 69.1 Å². The van der Waals surface area contributed by atoms with E-state index in [4.69, 9.17) is 17.3 Å². The number of hydrazine groups is 1. The number of amides is 4. The van der Waals surface area contributed by atoms with Crippen LogP contribution >= 0.6 is 24.0 Å². The van der Waals surface area contributed by atoms with E-state index in [0.717, 1.165) is 21.7 Å². The van der Waals surface area contributed by atoms with Gasteiger partial charge in [-0.2, -0.15) is 5.01 Å². The molecule has 0 saturated carbocycles. The van der Waals surface area contributed by atoms with E-state index in [1.54, 1.807) is 54.6 Å². The Kier molecular flexibility index (Phi) is 5.44. The van der Waals surface area contributed by atoms with Gasteiger partial charge in [-0.15, -0.1) is 0 Å². The van der Waals surface area contributed by atoms with Crippen molar-refractivity contribution in [2.75, 3.05) is 16.8 Å². The Bertz CT molecular complexity index is 1170. The van der Waals surface area contributed by atoms with Crippen LogP contribution in [-0.4, -0.2) is 44.8 Å². The van der Waals surface area contributed by atoms with Crippen molar-refractivity contribution in [3.05, 3.63) is 65.1 Å². The maximum atomic E-state index is 13.0. The molecular weight excluding hydrogens is 440 g/mol. The highest BCUT2D eigenvalue weighted by atomic mass is 32.2. The molecule has 4 amide bonds. The first kappa shape index (κ1) is 20.6. The lowest BCUT2D eigenvalue weighted by Gasteiger charge is -2.16. The van der Waals surface area contributed by atoms with Gasteiger partial charge in [0, 0.05) is 11.3 Å². The molecule has 0 spiro atoms. The van der Waals surface area contributed by atoms with E-state index in [2.05, 4.69) is 10.7 Å². The van der Waals surface area contributed by atoms with Gasteiger partial charge in [-0.05, 0) is 30.4 Å². The van der Waals surface area contributed by atoms with Crippen LogP contribution in [0.25, 0.3) is 5.57 Å². The first-order chi connectivity index (χ1) is 14.9. The molecule has 0 atom stereocenters. The van der Waals surface area contributed by atoms with E-state index < -0.39 is 30.4 Å². The molecule has 31 heavy (non-hydrogen) atoms. The van der Waals surface area contributed by atoms with Crippen LogP contribution in [0.5, 0.6) is 0 Å². The third-order valence-electron chi connectivity index (χ3n) is 4.46. The molecule has 0 aliphatic carbocycles. The number of urea groups is 1. The number of thiocarbonyl (C=S) groups is 1. The number of anilines is 2. The Balaban J connectivity index is 1.62. The third kappa shape index (κ3) is 3.88. The molecule has 3 N–H and O–H groups in total. The fourth-order valence-corrected chi connectivity index (χ4v) is 4.44. The number of benzene rings is 2. The first-order valence-corrected chi connectivity index (χ1v) is 10.2. The highest BCUT2D eigenvalue weighted by Gasteiger charge is 2.43. The lowest BCUT2D eigenvalue weighted by molar-refractivity contribution is -0.136. The molecule has 156 valence electrons. The van der Waals surface area contributed by atoms with Gasteiger partial charge in [0.05, 0.1) is 16.2 Å². The topological polar surface area (TPSA) is 119 Å². The summed E-state index contributed by atoms with van der Waals surface area (Å²) < 4.78 is 0.0395. The van der Waals surface area contributed by atoms with Crippen molar-refractivity contribution in [3.63, 3.8) is 0 Å². The summed E-state index contributed by atoms with van der Waals surface area (Å²) in [6.45, 7) is -0.544. The van der Waals surface area contributed by atoms with Crippen molar-refractivity contribution < 1.29 is 24.3 Å². The molecule has 2 aliphatic rings. The van der Waals surface area contributed by atoms with Gasteiger partial charge in [0.15, 0.2) is 4.32 Å². The Morgan fingerprint density at radius 2 is 1.68 bits per heavy atom. The van der Waals surface area contributed by atoms with Crippen LogP contribution in [0.15, 0.2) is 59.5 Å². The fraction of sp³-hybridized carbons (Fsp3) is 0.0500. The SMILES string of the molecule is O=C(O)CN1C(=O)C(=C2SC(=S)N(NC(=O)Nc3ccccc3)C2=O)c2ccccc21. The van der Waals surface area contributed by atoms with Crippen LogP contribution in [-0.2, 0) is 14.4 Å². The van der Waals surface area contributed by atoms with Crippen LogP contribution < -0.4 is 15.6 Å². The van der Waals surface area contributed by atoms with Crippen LogP contribution in [0, 0.1) is 0 Å². The summed E-state index contributed by atoms with van der Waals surface area (Å²) in [6.07, 6.45) is 0. The molecule has 0 unspecified atom stereocenters. The Morgan fingerprint density at radius 3 is 2.39 bits per heavy atom. The van der Waals surface area contributed by atoms with Crippen molar-refractivity contribution in [2.45, 2.75) is 0 Å². The number of carbonyl (C=O) groups excluding carboxylic acids is 3. The number of hydrogen-bond donors (Lipinski definition) is 3. The molecule has 2 heterocycles. The molecule has 2 aromatic rings. The minimum atomic E-state index is -1.18. The van der Waals surface area contributed by atoms with Crippen molar-refractivity contribution in [3.8, 4) is 0 Å². The number of para-hydroxylation sites is 2. The van der Waals surface area contributed by atoms with E-state index in [1.165, 1.54) is 0 Å². The number of aliphatic carboxylic acids is 1. The van der Waals surface area contributed by atoms with E-state index in [-0.39, 0.29) is 14.8 Å². The summed E-state index contributed by atoms with van der Waals surface area (Å²) in [7, 11) is 0. The number of carboxylic acids is 1. The predicted octanol–water partition coefficient (Wildman–Crippen LogP) is 2.43. The lowest BCUT2D eigenvalue weighted by atomic mass is 10.1. The monoisotopic (exact) mass is 454 g/mol. The van der Waals surface area contributed by atoms with E-state index in [0.29, 0.717) is 16.9 Å². The number of fused-ring (bicyclic) bond motifs is 1. The van der Waals surface area contributed by atoms with Gasteiger partial charge in [-0.25, -0.2) is 10.2 Å². The maximum absolute atomic E-state index is 13.0. The van der Waals surface area contributed by atoms with Gasteiger partial charge in [0.2, 0.25) is 0 Å². The second kappa shape index (κ2) is 8.20. The van der Waals surface area contributed by atoms with Crippen molar-refractivity contribution in [1.82, 2.24) is 10.4 Å². The molecule has 11 heteroatoms. The highest BCUT2D eigenvalue weighted by Crippen LogP contribution is 2.44. The molecule has 0 aromatic heterocycles. The molecule has 1 fully saturated rings. The number of carboxylic acid groups (broad SMARTS) is 1. The second-order valence-corrected chi connectivity index (χ2v) is 8.09. The summed E-state index contributed by atoms with van der Waals surface area (Å²) in [4.78, 5) is 50.6. The molecule has 0 bridgehead atoms. The minimum Gasteiger partial charge on any atom is -0.480 e. The van der Waals surface area contributed by atoms with Crippen molar-refractivity contribution in [1.29, 1.82) is 0 Å². The van der Waals surface area contributed by atoms with Crippen LogP contribution in [0.2, 0.25) is 0 Å². The van der Waals surface area contributed by atoms with Gasteiger partial charge in [0.25, 0.3) is 11.8 Å². The Labute approximate surface area is 185 Å². The summed E-state index contributed by atoms with van der Waals surface area (Å²) in [5.41, 5.74) is 3.79. The Morgan fingerprint density at radius 1 is 1.00 bits per heavy atom. The number of nitrogens with one attached hydrogen (secondary N) is 2. The molecule has 9 nitrogen and oxygen atoms in total. The third-order valence-corrected chi connectivity index (χ3v) is 5.83. The van der Waals surface area contributed by atoms with Crippen LogP contribution in [0.3, 0.4) is 0 Å². The molecule has 4 rings (SSSR count). The van der Waals surface area contributed by atoms with Gasteiger partial charge in [-0.1, -0.05) is 48.2 Å². The first-order valence-electron chi connectivity index (χ1n) is 8.93. The van der Waals surface area contributed by atoms with E-state index in [9.17, 15) is 19.2 Å². The zero-order valence-corrected chi connectivity index (χ0v) is 17.3. The van der Waals surface area contributed by atoms with Gasteiger partial charge >= 0.3 is 12.0 Å². The number of rotatable bonds is 4. The Hall–Kier alpha value is -3.70. The normalized spacial score (nSPS) is 17.7. The van der Waals surface area contributed by atoms with Gasteiger partial charge < -0.3 is 10.4 Å². The average molecular weight is 454 g/mol. The predicted molar refractivity (Wildman–Crippen MR) is 119 cm³/mol. The van der Waals surface area contributed by atoms with Crippen LogP contribution in [0.1, 0.15) is 5.56 Å². The smallest absolute Gasteiger partial charge is 0.338 e. The van der Waals surface area contributed by atoms with E-state index >= 15 is 0 Å². The minimum absolute atomic E-state index is 0.0235. The largest absolute Gasteiger partial charge is 0.480 e. The second-order valence-electron chi connectivity index (χ2n) is 6.45. The summed E-state index contributed by atoms with van der Waals surface area (Å²) in [5, 5.41) is 12.6. The summed E-state index contributed by atoms with van der Waals surface area (Å²) in [6, 6.07) is 14.5. The van der Waals surface area contributed by atoms with Gasteiger partial charge in [-0.3, -0.25) is 19.3 Å². The lowest BCUT2D eigenvalue weighted by Crippen LogP contribution is -2.46. The molecular formula is C20H14N4O5S2. The number of nitrogens with zero attached hydrogens (tertiary/aromatic N) is 2. The zero-order valence-electron chi connectivity index (χ0n) is 15.7. The molecule has 2 aliphatic heterocycles. The molecule has 2 aromatic carbocycles. The zero-order chi connectivity index (χ0) is 22.1. The van der Waals surface area contributed by atoms with E-state index in [1.807, 2.05) is 0 Å². The maximum Gasteiger partial charge on any atom is 0.338 e. The fourth-order valence-electron chi connectivity index (χ4n) is 3.19. The van der Waals surface area contributed by atoms with Gasteiger partial charge in [0.1, 0.15) is 6.54 Å². The number of carbonyl (C=O) groups is 4. The summed E-state index contributed by atoms with van der Waals surface area (Å²) in [5.74, 6) is -2.47. The number of thioether (sulfide) groups is 1.